The number of rotatable bonds is 4. The van der Waals surface area contributed by atoms with Crippen molar-refractivity contribution in [1.29, 1.82) is 0 Å². The van der Waals surface area contributed by atoms with E-state index in [1.54, 1.807) is 12.1 Å². The number of anilines is 1. The minimum absolute atomic E-state index is 0.0276. The van der Waals surface area contributed by atoms with Crippen molar-refractivity contribution in [3.05, 3.63) is 66.0 Å². The van der Waals surface area contributed by atoms with Crippen LogP contribution in [0, 0.1) is 11.7 Å². The molecular formula is C21H22FNO3. The third kappa shape index (κ3) is 6.26. The van der Waals surface area contributed by atoms with E-state index >= 15 is 0 Å². The molecule has 26 heavy (non-hydrogen) atoms. The first-order chi connectivity index (χ1) is 12.6. The zero-order valence-corrected chi connectivity index (χ0v) is 14.5. The summed E-state index contributed by atoms with van der Waals surface area (Å²) in [5.41, 5.74) is 2.08. The summed E-state index contributed by atoms with van der Waals surface area (Å²) in [5, 5.41) is 2.85. The van der Waals surface area contributed by atoms with E-state index < -0.39 is 0 Å². The van der Waals surface area contributed by atoms with Gasteiger partial charge in [-0.05, 0) is 67.3 Å². The Morgan fingerprint density at radius 3 is 2.12 bits per heavy atom. The third-order valence-electron chi connectivity index (χ3n) is 4.72. The van der Waals surface area contributed by atoms with Crippen LogP contribution in [0.4, 0.5) is 10.1 Å². The summed E-state index contributed by atoms with van der Waals surface area (Å²) in [6.45, 7) is 0. The van der Waals surface area contributed by atoms with Gasteiger partial charge in [-0.3, -0.25) is 4.79 Å². The first-order valence-electron chi connectivity index (χ1n) is 8.72. The molecule has 3 rings (SSSR count). The lowest BCUT2D eigenvalue weighted by atomic mass is 9.77. The van der Waals surface area contributed by atoms with Crippen LogP contribution in [0.3, 0.4) is 0 Å². The molecule has 136 valence electrons. The molecular weight excluding hydrogens is 333 g/mol. The molecule has 1 N–H and O–H groups in total. The summed E-state index contributed by atoms with van der Waals surface area (Å²) >= 11 is 0. The zero-order valence-electron chi connectivity index (χ0n) is 14.5. The minimum atomic E-state index is -0.290. The molecule has 0 aliphatic heterocycles. The molecule has 2 aromatic carbocycles. The third-order valence-corrected chi connectivity index (χ3v) is 4.72. The van der Waals surface area contributed by atoms with Gasteiger partial charge >= 0.3 is 6.15 Å². The van der Waals surface area contributed by atoms with Crippen LogP contribution >= 0.6 is 0 Å². The van der Waals surface area contributed by atoms with E-state index in [1.807, 2.05) is 0 Å². The Kier molecular flexibility index (Phi) is 7.72. The van der Waals surface area contributed by atoms with Gasteiger partial charge < -0.3 is 5.32 Å². The van der Waals surface area contributed by atoms with Gasteiger partial charge in [-0.15, -0.1) is 0 Å². The Morgan fingerprint density at radius 2 is 1.54 bits per heavy atom. The maximum atomic E-state index is 12.9. The fourth-order valence-corrected chi connectivity index (χ4v) is 3.43. The maximum Gasteiger partial charge on any atom is 0.373 e. The summed E-state index contributed by atoms with van der Waals surface area (Å²) in [6.07, 6.45) is 5.29. The van der Waals surface area contributed by atoms with Crippen molar-refractivity contribution in [2.45, 2.75) is 38.0 Å². The fourth-order valence-electron chi connectivity index (χ4n) is 3.43. The van der Waals surface area contributed by atoms with Gasteiger partial charge in [0, 0.05) is 12.1 Å². The Bertz CT molecular complexity index is 717. The standard InChI is InChI=1S/C20H22FNO.CO2/c21-18-10-12-19(13-11-18)22-20(23)14-15-6-8-17(9-7-15)16-4-2-1-3-5-16;2-1-3/h1-5,10-13,15,17H,6-9,14H2,(H,22,23);. The number of amides is 1. The first-order valence-corrected chi connectivity index (χ1v) is 8.72. The number of hydrogen-bond acceptors (Lipinski definition) is 3. The van der Waals surface area contributed by atoms with Crippen LogP contribution < -0.4 is 5.32 Å². The van der Waals surface area contributed by atoms with Gasteiger partial charge in [0.15, 0.2) is 0 Å². The Morgan fingerprint density at radius 1 is 0.962 bits per heavy atom. The van der Waals surface area contributed by atoms with Crippen molar-refractivity contribution >= 4 is 17.7 Å². The van der Waals surface area contributed by atoms with Gasteiger partial charge in [0.1, 0.15) is 5.82 Å². The van der Waals surface area contributed by atoms with E-state index in [0.717, 1.165) is 25.7 Å². The Hall–Kier alpha value is -2.78. The lowest BCUT2D eigenvalue weighted by Gasteiger charge is -2.28. The van der Waals surface area contributed by atoms with E-state index in [2.05, 4.69) is 35.6 Å². The fraction of sp³-hybridized carbons (Fsp3) is 0.333. The second-order valence-electron chi connectivity index (χ2n) is 6.47. The second-order valence-corrected chi connectivity index (χ2v) is 6.47. The molecule has 0 saturated heterocycles. The lowest BCUT2D eigenvalue weighted by molar-refractivity contribution is -0.191. The molecule has 1 amide bonds. The molecule has 4 nitrogen and oxygen atoms in total. The monoisotopic (exact) mass is 355 g/mol. The van der Waals surface area contributed by atoms with E-state index in [1.165, 1.54) is 17.7 Å². The van der Waals surface area contributed by atoms with Crippen molar-refractivity contribution < 1.29 is 18.8 Å². The average molecular weight is 355 g/mol. The molecule has 0 aromatic heterocycles. The number of hydrogen-bond donors (Lipinski definition) is 1. The molecule has 1 saturated carbocycles. The first kappa shape index (κ1) is 19.5. The number of halogens is 1. The topological polar surface area (TPSA) is 63.2 Å². The van der Waals surface area contributed by atoms with E-state index in [4.69, 9.17) is 9.59 Å². The minimum Gasteiger partial charge on any atom is -0.326 e. The highest BCUT2D eigenvalue weighted by Crippen LogP contribution is 2.37. The number of carbonyl (C=O) groups is 1. The average Bonchev–Trinajstić information content (AvgIpc) is 2.66. The molecule has 1 fully saturated rings. The SMILES string of the molecule is O=C(CC1CCC(c2ccccc2)CC1)Nc1ccc(F)cc1.O=C=O. The van der Waals surface area contributed by atoms with Gasteiger partial charge in [-0.25, -0.2) is 4.39 Å². The smallest absolute Gasteiger partial charge is 0.326 e. The van der Waals surface area contributed by atoms with E-state index in [9.17, 15) is 9.18 Å². The normalized spacial score (nSPS) is 18.8. The van der Waals surface area contributed by atoms with Crippen LogP contribution in [0.25, 0.3) is 0 Å². The second kappa shape index (κ2) is 10.3. The largest absolute Gasteiger partial charge is 0.373 e. The summed E-state index contributed by atoms with van der Waals surface area (Å²) in [6, 6.07) is 16.6. The summed E-state index contributed by atoms with van der Waals surface area (Å²) in [4.78, 5) is 28.4. The molecule has 0 heterocycles. The van der Waals surface area contributed by atoms with Crippen LogP contribution in [0.2, 0.25) is 0 Å². The van der Waals surface area contributed by atoms with Crippen molar-refractivity contribution in [2.75, 3.05) is 5.32 Å². The molecule has 2 aromatic rings. The molecule has 0 radical (unpaired) electrons. The van der Waals surface area contributed by atoms with Gasteiger partial charge in [-0.1, -0.05) is 30.3 Å². The summed E-state index contributed by atoms with van der Waals surface area (Å²) < 4.78 is 12.9. The van der Waals surface area contributed by atoms with Gasteiger partial charge in [0.25, 0.3) is 0 Å². The summed E-state index contributed by atoms with van der Waals surface area (Å²) in [7, 11) is 0. The molecule has 1 aliphatic rings. The molecule has 0 spiro atoms. The van der Waals surface area contributed by atoms with Crippen molar-refractivity contribution in [2.24, 2.45) is 5.92 Å². The van der Waals surface area contributed by atoms with E-state index in [0.29, 0.717) is 23.9 Å². The zero-order chi connectivity index (χ0) is 18.8. The van der Waals surface area contributed by atoms with Crippen LogP contribution in [-0.2, 0) is 14.4 Å². The lowest BCUT2D eigenvalue weighted by Crippen LogP contribution is -2.20. The van der Waals surface area contributed by atoms with Gasteiger partial charge in [0.2, 0.25) is 5.91 Å². The van der Waals surface area contributed by atoms with Crippen LogP contribution in [0.1, 0.15) is 43.6 Å². The molecule has 0 atom stereocenters. The van der Waals surface area contributed by atoms with Gasteiger partial charge in [-0.2, -0.15) is 9.59 Å². The number of nitrogens with one attached hydrogen (secondary N) is 1. The molecule has 0 bridgehead atoms. The van der Waals surface area contributed by atoms with Crippen LogP contribution in [-0.4, -0.2) is 12.1 Å². The maximum absolute atomic E-state index is 12.9. The van der Waals surface area contributed by atoms with Gasteiger partial charge in [0.05, 0.1) is 0 Å². The van der Waals surface area contributed by atoms with Crippen molar-refractivity contribution in [3.8, 4) is 0 Å². The molecule has 0 unspecified atom stereocenters. The van der Waals surface area contributed by atoms with Crippen molar-refractivity contribution in [3.63, 3.8) is 0 Å². The predicted octanol–water partition coefficient (Wildman–Crippen LogP) is 4.54. The predicted molar refractivity (Wildman–Crippen MR) is 95.8 cm³/mol. The Labute approximate surface area is 152 Å². The number of benzene rings is 2. The molecule has 5 heteroatoms. The van der Waals surface area contributed by atoms with E-state index in [-0.39, 0.29) is 17.9 Å². The van der Waals surface area contributed by atoms with Crippen LogP contribution in [0.5, 0.6) is 0 Å². The summed E-state index contributed by atoms with van der Waals surface area (Å²) in [5.74, 6) is 0.824. The highest BCUT2D eigenvalue weighted by atomic mass is 19.1. The quantitative estimate of drug-likeness (QED) is 0.875. The van der Waals surface area contributed by atoms with Crippen LogP contribution in [0.15, 0.2) is 54.6 Å². The number of carbonyl (C=O) groups excluding carboxylic acids is 3. The van der Waals surface area contributed by atoms with Crippen molar-refractivity contribution in [1.82, 2.24) is 0 Å². The Balaban J connectivity index is 0.000000758. The molecule has 1 aliphatic carbocycles. The highest BCUT2D eigenvalue weighted by Gasteiger charge is 2.23. The highest BCUT2D eigenvalue weighted by molar-refractivity contribution is 5.90.